The second kappa shape index (κ2) is 5.10. The van der Waals surface area contributed by atoms with Crippen molar-refractivity contribution in [2.45, 2.75) is 31.6 Å². The quantitative estimate of drug-likeness (QED) is 0.311. The zero-order chi connectivity index (χ0) is 13.3. The van der Waals surface area contributed by atoms with Crippen LogP contribution in [0.3, 0.4) is 0 Å². The molecule has 0 aliphatic carbocycles. The molecule has 2 rings (SSSR count). The summed E-state index contributed by atoms with van der Waals surface area (Å²) in [5, 5.41) is 42.7. The summed E-state index contributed by atoms with van der Waals surface area (Å²) in [7, 11) is 0. The molecule has 3 unspecified atom stereocenters. The topological polar surface area (TPSA) is 143 Å². The SMILES string of the molecule is CC(O)C(O)c1cnc2c(n1)NC(NO)N[C@@H]2O. The van der Waals surface area contributed by atoms with E-state index < -0.39 is 24.7 Å². The van der Waals surface area contributed by atoms with Gasteiger partial charge in [0.2, 0.25) is 0 Å². The smallest absolute Gasteiger partial charge is 0.157 e. The summed E-state index contributed by atoms with van der Waals surface area (Å²) in [5.74, 6) is 0.213. The van der Waals surface area contributed by atoms with Gasteiger partial charge in [0.15, 0.2) is 18.3 Å². The Hall–Kier alpha value is -1.36. The molecule has 1 aliphatic rings. The van der Waals surface area contributed by atoms with Crippen LogP contribution in [0.15, 0.2) is 6.20 Å². The van der Waals surface area contributed by atoms with E-state index in [0.29, 0.717) is 0 Å². The Kier molecular flexibility index (Phi) is 3.71. The fraction of sp³-hybridized carbons (Fsp3) is 0.556. The monoisotopic (exact) mass is 257 g/mol. The first-order chi connectivity index (χ1) is 8.52. The molecule has 0 bridgehead atoms. The first kappa shape index (κ1) is 13.1. The molecule has 9 heteroatoms. The van der Waals surface area contributed by atoms with E-state index in [4.69, 9.17) is 5.21 Å². The van der Waals surface area contributed by atoms with E-state index in [1.165, 1.54) is 13.1 Å². The molecule has 1 aromatic heterocycles. The molecule has 0 radical (unpaired) electrons. The van der Waals surface area contributed by atoms with Crippen LogP contribution in [0.4, 0.5) is 5.82 Å². The van der Waals surface area contributed by atoms with Crippen LogP contribution in [-0.4, -0.2) is 42.9 Å². The zero-order valence-corrected chi connectivity index (χ0v) is 9.57. The summed E-state index contributed by atoms with van der Waals surface area (Å²) in [4.78, 5) is 8.00. The third-order valence-electron chi connectivity index (χ3n) is 2.57. The molecule has 1 aliphatic heterocycles. The second-order valence-corrected chi connectivity index (χ2v) is 3.99. The van der Waals surface area contributed by atoms with Gasteiger partial charge in [-0.2, -0.15) is 5.48 Å². The van der Waals surface area contributed by atoms with E-state index in [9.17, 15) is 15.3 Å². The van der Waals surface area contributed by atoms with Crippen molar-refractivity contribution in [3.8, 4) is 0 Å². The minimum Gasteiger partial charge on any atom is -0.390 e. The molecule has 2 heterocycles. The molecule has 9 nitrogen and oxygen atoms in total. The normalized spacial score (nSPS) is 26.1. The lowest BCUT2D eigenvalue weighted by molar-refractivity contribution is 0.0269. The van der Waals surface area contributed by atoms with Gasteiger partial charge in [0.05, 0.1) is 18.0 Å². The molecule has 0 saturated carbocycles. The maximum absolute atomic E-state index is 9.68. The van der Waals surface area contributed by atoms with Crippen molar-refractivity contribution in [2.75, 3.05) is 5.32 Å². The van der Waals surface area contributed by atoms with E-state index >= 15 is 0 Å². The van der Waals surface area contributed by atoms with Gasteiger partial charge in [-0.15, -0.1) is 0 Å². The fourth-order valence-corrected chi connectivity index (χ4v) is 1.59. The molecule has 7 N–H and O–H groups in total. The molecule has 4 atom stereocenters. The highest BCUT2D eigenvalue weighted by molar-refractivity contribution is 5.44. The van der Waals surface area contributed by atoms with Crippen LogP contribution in [0.25, 0.3) is 0 Å². The number of anilines is 1. The van der Waals surface area contributed by atoms with Crippen LogP contribution in [0.5, 0.6) is 0 Å². The van der Waals surface area contributed by atoms with Crippen LogP contribution in [0, 0.1) is 0 Å². The van der Waals surface area contributed by atoms with Crippen LogP contribution in [-0.2, 0) is 0 Å². The van der Waals surface area contributed by atoms with Gasteiger partial charge in [-0.25, -0.2) is 4.98 Å². The Balaban J connectivity index is 2.31. The van der Waals surface area contributed by atoms with E-state index in [1.807, 2.05) is 5.48 Å². The largest absolute Gasteiger partial charge is 0.390 e. The van der Waals surface area contributed by atoms with Crippen molar-refractivity contribution < 1.29 is 20.5 Å². The van der Waals surface area contributed by atoms with Gasteiger partial charge in [0.25, 0.3) is 0 Å². The van der Waals surface area contributed by atoms with Crippen molar-refractivity contribution in [1.29, 1.82) is 0 Å². The molecule has 0 fully saturated rings. The maximum Gasteiger partial charge on any atom is 0.157 e. The number of aliphatic hydroxyl groups excluding tert-OH is 3. The van der Waals surface area contributed by atoms with Gasteiger partial charge in [-0.1, -0.05) is 0 Å². The van der Waals surface area contributed by atoms with E-state index in [0.717, 1.165) is 0 Å². The lowest BCUT2D eigenvalue weighted by atomic mass is 10.1. The number of fused-ring (bicyclic) bond motifs is 1. The van der Waals surface area contributed by atoms with Gasteiger partial charge in [0.1, 0.15) is 11.8 Å². The number of hydroxylamine groups is 1. The van der Waals surface area contributed by atoms with Crippen LogP contribution in [0.2, 0.25) is 0 Å². The highest BCUT2D eigenvalue weighted by Gasteiger charge is 2.27. The number of nitrogens with one attached hydrogen (secondary N) is 3. The Morgan fingerprint density at radius 2 is 2.17 bits per heavy atom. The number of hydrogen-bond donors (Lipinski definition) is 7. The number of hydrogen-bond acceptors (Lipinski definition) is 9. The Bertz CT molecular complexity index is 429. The summed E-state index contributed by atoms with van der Waals surface area (Å²) in [6.45, 7) is 1.42. The number of aromatic nitrogens is 2. The van der Waals surface area contributed by atoms with Crippen molar-refractivity contribution in [3.63, 3.8) is 0 Å². The highest BCUT2D eigenvalue weighted by Crippen LogP contribution is 2.24. The van der Waals surface area contributed by atoms with Crippen molar-refractivity contribution in [3.05, 3.63) is 17.6 Å². The van der Waals surface area contributed by atoms with Gasteiger partial charge in [-0.05, 0) is 6.92 Å². The van der Waals surface area contributed by atoms with E-state index in [-0.39, 0.29) is 17.2 Å². The summed E-state index contributed by atoms with van der Waals surface area (Å²) >= 11 is 0. The first-order valence-electron chi connectivity index (χ1n) is 5.36. The van der Waals surface area contributed by atoms with Crippen molar-refractivity contribution in [1.82, 2.24) is 20.8 Å². The first-order valence-corrected chi connectivity index (χ1v) is 5.36. The lowest BCUT2D eigenvalue weighted by Gasteiger charge is -2.29. The second-order valence-electron chi connectivity index (χ2n) is 3.99. The molecule has 100 valence electrons. The molecule has 0 amide bonds. The fourth-order valence-electron chi connectivity index (χ4n) is 1.59. The van der Waals surface area contributed by atoms with Crippen molar-refractivity contribution in [2.24, 2.45) is 0 Å². The van der Waals surface area contributed by atoms with Crippen LogP contribution < -0.4 is 16.1 Å². The molecular weight excluding hydrogens is 242 g/mol. The third-order valence-corrected chi connectivity index (χ3v) is 2.57. The molecule has 0 saturated heterocycles. The average Bonchev–Trinajstić information content (AvgIpc) is 2.36. The van der Waals surface area contributed by atoms with E-state index in [2.05, 4.69) is 20.6 Å². The summed E-state index contributed by atoms with van der Waals surface area (Å²) < 4.78 is 0. The van der Waals surface area contributed by atoms with Gasteiger partial charge >= 0.3 is 0 Å². The zero-order valence-electron chi connectivity index (χ0n) is 9.57. The standard InChI is InChI=1S/C9H15N5O4/c1-3(15)6(16)4-2-10-5-7(11-4)12-9(14-18)13-8(5)17/h2-3,6,8-9,13-18H,1H3,(H,11,12)/t3?,6?,8-,9?/m1/s1. The number of aliphatic hydroxyl groups is 3. The van der Waals surface area contributed by atoms with Crippen LogP contribution >= 0.6 is 0 Å². The molecular formula is C9H15N5O4. The predicted octanol–water partition coefficient (Wildman–Crippen LogP) is -1.84. The molecule has 18 heavy (non-hydrogen) atoms. The van der Waals surface area contributed by atoms with Gasteiger partial charge < -0.3 is 25.8 Å². The highest BCUT2D eigenvalue weighted by atomic mass is 16.5. The summed E-state index contributed by atoms with van der Waals surface area (Å²) in [5.41, 5.74) is 2.29. The minimum absolute atomic E-state index is 0.169. The predicted molar refractivity (Wildman–Crippen MR) is 59.1 cm³/mol. The van der Waals surface area contributed by atoms with E-state index in [1.54, 1.807) is 0 Å². The van der Waals surface area contributed by atoms with Gasteiger partial charge in [-0.3, -0.25) is 10.3 Å². The average molecular weight is 257 g/mol. The van der Waals surface area contributed by atoms with Crippen molar-refractivity contribution >= 4 is 5.82 Å². The molecule has 0 spiro atoms. The maximum atomic E-state index is 9.68. The molecule has 0 aromatic carbocycles. The number of nitrogens with zero attached hydrogens (tertiary/aromatic N) is 2. The van der Waals surface area contributed by atoms with Gasteiger partial charge in [0, 0.05) is 0 Å². The van der Waals surface area contributed by atoms with Crippen LogP contribution in [0.1, 0.15) is 30.6 Å². The Morgan fingerprint density at radius 1 is 1.44 bits per heavy atom. The summed E-state index contributed by atoms with van der Waals surface area (Å²) in [6.07, 6.45) is -2.78. The Morgan fingerprint density at radius 3 is 2.78 bits per heavy atom. The number of rotatable bonds is 3. The summed E-state index contributed by atoms with van der Waals surface area (Å²) in [6, 6.07) is 0. The Labute approximate surface area is 102 Å². The third kappa shape index (κ3) is 2.41. The molecule has 1 aromatic rings. The minimum atomic E-state index is -1.17. The lowest BCUT2D eigenvalue weighted by Crippen LogP contribution is -2.51.